The first-order chi connectivity index (χ1) is 9.63. The minimum absolute atomic E-state index is 0.00774. The Bertz CT molecular complexity index is 593. The average molecular weight is 404 g/mol. The lowest BCUT2D eigenvalue weighted by Gasteiger charge is -2.17. The number of alkyl halides is 1. The summed E-state index contributed by atoms with van der Waals surface area (Å²) in [4.78, 5) is 0.00774. The molecule has 0 saturated heterocycles. The lowest BCUT2D eigenvalue weighted by atomic mass is 10.0. The summed E-state index contributed by atoms with van der Waals surface area (Å²) in [5.41, 5.74) is 2.14. The van der Waals surface area contributed by atoms with Crippen LogP contribution in [-0.2, 0) is 6.42 Å². The van der Waals surface area contributed by atoms with Gasteiger partial charge >= 0.3 is 0 Å². The van der Waals surface area contributed by atoms with E-state index in [-0.39, 0.29) is 4.83 Å². The van der Waals surface area contributed by atoms with E-state index >= 15 is 0 Å². The van der Waals surface area contributed by atoms with Crippen molar-refractivity contribution in [3.63, 3.8) is 0 Å². The second kappa shape index (κ2) is 6.68. The summed E-state index contributed by atoms with van der Waals surface area (Å²) in [6, 6.07) is 5.89. The van der Waals surface area contributed by atoms with Gasteiger partial charge in [0.15, 0.2) is 0 Å². The smallest absolute Gasteiger partial charge is 0.141 e. The van der Waals surface area contributed by atoms with Gasteiger partial charge in [0.2, 0.25) is 0 Å². The second-order valence-corrected chi connectivity index (χ2v) is 5.93. The van der Waals surface area contributed by atoms with Crippen molar-refractivity contribution in [2.45, 2.75) is 18.2 Å². The molecule has 0 N–H and O–H groups in total. The van der Waals surface area contributed by atoms with Crippen LogP contribution in [0, 0.1) is 0 Å². The van der Waals surface area contributed by atoms with Gasteiger partial charge in [-0.3, -0.25) is 0 Å². The summed E-state index contributed by atoms with van der Waals surface area (Å²) in [5, 5.41) is 0. The van der Waals surface area contributed by atoms with Crippen molar-refractivity contribution >= 4 is 31.9 Å². The summed E-state index contributed by atoms with van der Waals surface area (Å²) in [7, 11) is 3.29. The summed E-state index contributed by atoms with van der Waals surface area (Å²) in [6.45, 7) is 2.07. The molecule has 0 fully saturated rings. The molecule has 2 rings (SSSR count). The van der Waals surface area contributed by atoms with Crippen molar-refractivity contribution in [1.82, 2.24) is 0 Å². The topological polar surface area (TPSA) is 31.6 Å². The highest BCUT2D eigenvalue weighted by Crippen LogP contribution is 2.45. The summed E-state index contributed by atoms with van der Waals surface area (Å²) in [6.07, 6.45) is 2.57. The number of aryl methyl sites for hydroxylation is 1. The van der Waals surface area contributed by atoms with E-state index in [1.165, 1.54) is 0 Å². The van der Waals surface area contributed by atoms with Gasteiger partial charge in [0.1, 0.15) is 21.7 Å². The van der Waals surface area contributed by atoms with Crippen LogP contribution >= 0.6 is 31.9 Å². The van der Waals surface area contributed by atoms with Gasteiger partial charge in [-0.25, -0.2) is 0 Å². The maximum Gasteiger partial charge on any atom is 0.141 e. The Morgan fingerprint density at radius 3 is 2.50 bits per heavy atom. The molecule has 1 aromatic carbocycles. The highest BCUT2D eigenvalue weighted by molar-refractivity contribution is 9.10. The Hall–Kier alpha value is -0.940. The first-order valence-electron chi connectivity index (χ1n) is 6.24. The van der Waals surface area contributed by atoms with Crippen molar-refractivity contribution < 1.29 is 13.9 Å². The Morgan fingerprint density at radius 2 is 1.90 bits per heavy atom. The standard InChI is InChI=1S/C15H16Br2O3/c1-4-11-9(7-8-20-11)13(16)10-5-6-12(18-2)14(17)15(10)19-3/h5-8,13H,4H2,1-3H3. The maximum atomic E-state index is 5.52. The van der Waals surface area contributed by atoms with Crippen molar-refractivity contribution in [2.75, 3.05) is 14.2 Å². The highest BCUT2D eigenvalue weighted by Gasteiger charge is 2.22. The van der Waals surface area contributed by atoms with Gasteiger partial charge in [0.05, 0.1) is 25.3 Å². The number of methoxy groups -OCH3 is 2. The van der Waals surface area contributed by atoms with Gasteiger partial charge in [-0.15, -0.1) is 0 Å². The predicted octanol–water partition coefficient (Wildman–Crippen LogP) is 5.11. The van der Waals surface area contributed by atoms with Crippen LogP contribution in [0.2, 0.25) is 0 Å². The van der Waals surface area contributed by atoms with Gasteiger partial charge in [0, 0.05) is 17.5 Å². The van der Waals surface area contributed by atoms with Crippen LogP contribution in [0.3, 0.4) is 0 Å². The summed E-state index contributed by atoms with van der Waals surface area (Å²) >= 11 is 7.26. The number of hydrogen-bond donors (Lipinski definition) is 0. The summed E-state index contributed by atoms with van der Waals surface area (Å²) < 4.78 is 17.1. The number of hydrogen-bond acceptors (Lipinski definition) is 3. The Labute approximate surface area is 135 Å². The zero-order valence-corrected chi connectivity index (χ0v) is 14.7. The monoisotopic (exact) mass is 402 g/mol. The van der Waals surface area contributed by atoms with Crippen LogP contribution in [0.1, 0.15) is 28.6 Å². The molecular weight excluding hydrogens is 388 g/mol. The SMILES string of the molecule is CCc1occc1C(Br)c1ccc(OC)c(Br)c1OC. The molecule has 0 amide bonds. The van der Waals surface area contributed by atoms with Crippen LogP contribution in [0.25, 0.3) is 0 Å². The van der Waals surface area contributed by atoms with Crippen LogP contribution in [-0.4, -0.2) is 14.2 Å². The van der Waals surface area contributed by atoms with E-state index in [0.29, 0.717) is 0 Å². The Balaban J connectivity index is 2.49. The fourth-order valence-corrected chi connectivity index (χ4v) is 3.60. The van der Waals surface area contributed by atoms with Gasteiger partial charge in [-0.1, -0.05) is 28.9 Å². The molecule has 1 atom stereocenters. The van der Waals surface area contributed by atoms with E-state index in [0.717, 1.165) is 39.3 Å². The van der Waals surface area contributed by atoms with Crippen molar-refractivity contribution in [1.29, 1.82) is 0 Å². The first kappa shape index (κ1) is 15.4. The molecule has 2 aromatic rings. The molecular formula is C15H16Br2O3. The molecule has 108 valence electrons. The molecule has 0 radical (unpaired) electrons. The van der Waals surface area contributed by atoms with Gasteiger partial charge < -0.3 is 13.9 Å². The van der Waals surface area contributed by atoms with E-state index in [4.69, 9.17) is 13.9 Å². The number of furan rings is 1. The lowest BCUT2D eigenvalue weighted by Crippen LogP contribution is -2.00. The summed E-state index contributed by atoms with van der Waals surface area (Å²) in [5.74, 6) is 2.48. The third kappa shape index (κ3) is 2.74. The quantitative estimate of drug-likeness (QED) is 0.650. The zero-order chi connectivity index (χ0) is 14.7. The molecule has 0 spiro atoms. The van der Waals surface area contributed by atoms with Crippen LogP contribution in [0.5, 0.6) is 11.5 Å². The third-order valence-electron chi connectivity index (χ3n) is 3.16. The van der Waals surface area contributed by atoms with Gasteiger partial charge in [-0.05, 0) is 28.1 Å². The van der Waals surface area contributed by atoms with E-state index in [1.807, 2.05) is 18.2 Å². The minimum Gasteiger partial charge on any atom is -0.495 e. The van der Waals surface area contributed by atoms with Crippen molar-refractivity contribution in [3.05, 3.63) is 45.8 Å². The van der Waals surface area contributed by atoms with Gasteiger partial charge in [-0.2, -0.15) is 0 Å². The third-order valence-corrected chi connectivity index (χ3v) is 4.90. The molecule has 0 aliphatic heterocycles. The second-order valence-electron chi connectivity index (χ2n) is 4.22. The normalized spacial score (nSPS) is 12.2. The molecule has 20 heavy (non-hydrogen) atoms. The maximum absolute atomic E-state index is 5.52. The largest absolute Gasteiger partial charge is 0.495 e. The predicted molar refractivity (Wildman–Crippen MR) is 86.1 cm³/mol. The number of halogens is 2. The van der Waals surface area contributed by atoms with Crippen LogP contribution in [0.15, 0.2) is 33.4 Å². The molecule has 3 nitrogen and oxygen atoms in total. The van der Waals surface area contributed by atoms with Gasteiger partial charge in [0.25, 0.3) is 0 Å². The lowest BCUT2D eigenvalue weighted by molar-refractivity contribution is 0.386. The van der Waals surface area contributed by atoms with Crippen LogP contribution in [0.4, 0.5) is 0 Å². The Kier molecular flexibility index (Phi) is 5.16. The molecule has 1 unspecified atom stereocenters. The molecule has 0 aliphatic carbocycles. The van der Waals surface area contributed by atoms with E-state index in [2.05, 4.69) is 38.8 Å². The average Bonchev–Trinajstić information content (AvgIpc) is 2.94. The number of ether oxygens (including phenoxy) is 2. The molecule has 5 heteroatoms. The zero-order valence-electron chi connectivity index (χ0n) is 11.6. The number of rotatable bonds is 5. The van der Waals surface area contributed by atoms with Crippen molar-refractivity contribution in [2.24, 2.45) is 0 Å². The first-order valence-corrected chi connectivity index (χ1v) is 7.95. The van der Waals surface area contributed by atoms with E-state index in [1.54, 1.807) is 20.5 Å². The fraction of sp³-hybridized carbons (Fsp3) is 0.333. The molecule has 0 saturated carbocycles. The molecule has 0 aliphatic rings. The molecule has 0 bridgehead atoms. The molecule has 1 heterocycles. The van der Waals surface area contributed by atoms with E-state index < -0.39 is 0 Å². The van der Waals surface area contributed by atoms with Crippen molar-refractivity contribution in [3.8, 4) is 11.5 Å². The fourth-order valence-electron chi connectivity index (χ4n) is 2.15. The minimum atomic E-state index is 0.00774. The highest BCUT2D eigenvalue weighted by atomic mass is 79.9. The number of benzene rings is 1. The van der Waals surface area contributed by atoms with Crippen LogP contribution < -0.4 is 9.47 Å². The van der Waals surface area contributed by atoms with E-state index in [9.17, 15) is 0 Å². The Morgan fingerprint density at radius 1 is 1.15 bits per heavy atom. The molecule has 1 aromatic heterocycles.